The molecule has 0 aromatic heterocycles. The van der Waals surface area contributed by atoms with Crippen molar-refractivity contribution in [3.63, 3.8) is 0 Å². The van der Waals surface area contributed by atoms with Crippen LogP contribution in [0.1, 0.15) is 5.56 Å². The van der Waals surface area contributed by atoms with Crippen LogP contribution in [0.2, 0.25) is 0 Å². The van der Waals surface area contributed by atoms with Gasteiger partial charge < -0.3 is 10.8 Å². The van der Waals surface area contributed by atoms with Gasteiger partial charge in [0, 0.05) is 16.0 Å². The molecular weight excluding hydrogens is 194 g/mol. The first-order valence-corrected chi connectivity index (χ1v) is 4.74. The Hall–Kier alpha value is -1.35. The molecule has 0 fully saturated rings. The third-order valence-electron chi connectivity index (χ3n) is 2.19. The Balaban J connectivity index is 2.94. The SMILES string of the molecule is Cc1cc(O)c2c(N)cc(S)cc2c1. The minimum atomic E-state index is 0.228. The van der Waals surface area contributed by atoms with Crippen LogP contribution < -0.4 is 5.73 Å². The van der Waals surface area contributed by atoms with Crippen LogP contribution in [0.5, 0.6) is 5.75 Å². The van der Waals surface area contributed by atoms with Crippen molar-refractivity contribution in [3.8, 4) is 5.75 Å². The zero-order valence-corrected chi connectivity index (χ0v) is 8.68. The topological polar surface area (TPSA) is 46.2 Å². The van der Waals surface area contributed by atoms with Crippen molar-refractivity contribution < 1.29 is 5.11 Å². The number of phenols is 1. The molecule has 3 N–H and O–H groups in total. The highest BCUT2D eigenvalue weighted by molar-refractivity contribution is 7.80. The van der Waals surface area contributed by atoms with Crippen LogP contribution >= 0.6 is 12.6 Å². The van der Waals surface area contributed by atoms with Crippen molar-refractivity contribution in [2.45, 2.75) is 11.8 Å². The molecule has 2 aromatic rings. The Morgan fingerprint density at radius 3 is 2.64 bits per heavy atom. The Bertz CT molecular complexity index is 465. The second-order valence-electron chi connectivity index (χ2n) is 3.42. The quantitative estimate of drug-likeness (QED) is 0.457. The van der Waals surface area contributed by atoms with Crippen molar-refractivity contribution >= 4 is 29.1 Å². The van der Waals surface area contributed by atoms with Crippen LogP contribution in [-0.4, -0.2) is 5.11 Å². The first-order valence-electron chi connectivity index (χ1n) is 4.30. The highest BCUT2D eigenvalue weighted by Crippen LogP contribution is 2.33. The Kier molecular flexibility index (Phi) is 2.04. The molecule has 0 heterocycles. The molecule has 0 aliphatic carbocycles. The average molecular weight is 205 g/mol. The summed E-state index contributed by atoms with van der Waals surface area (Å²) in [6.07, 6.45) is 0. The van der Waals surface area contributed by atoms with Gasteiger partial charge in [-0.2, -0.15) is 0 Å². The zero-order valence-electron chi connectivity index (χ0n) is 7.78. The summed E-state index contributed by atoms with van der Waals surface area (Å²) in [5, 5.41) is 11.3. The van der Waals surface area contributed by atoms with Gasteiger partial charge in [0.2, 0.25) is 0 Å². The molecule has 0 amide bonds. The third-order valence-corrected chi connectivity index (χ3v) is 2.45. The van der Waals surface area contributed by atoms with Crippen LogP contribution in [0.25, 0.3) is 10.8 Å². The maximum atomic E-state index is 9.72. The van der Waals surface area contributed by atoms with E-state index in [4.69, 9.17) is 5.73 Å². The van der Waals surface area contributed by atoms with Crippen molar-refractivity contribution in [1.29, 1.82) is 0 Å². The summed E-state index contributed by atoms with van der Waals surface area (Å²) in [6, 6.07) is 7.31. The van der Waals surface area contributed by atoms with Gasteiger partial charge >= 0.3 is 0 Å². The van der Waals surface area contributed by atoms with Gasteiger partial charge in [-0.1, -0.05) is 6.07 Å². The smallest absolute Gasteiger partial charge is 0.125 e. The van der Waals surface area contributed by atoms with E-state index in [2.05, 4.69) is 12.6 Å². The summed E-state index contributed by atoms with van der Waals surface area (Å²) in [5.74, 6) is 0.228. The Morgan fingerprint density at radius 1 is 1.21 bits per heavy atom. The molecule has 0 aliphatic rings. The molecule has 0 radical (unpaired) electrons. The summed E-state index contributed by atoms with van der Waals surface area (Å²) in [6.45, 7) is 1.93. The second-order valence-corrected chi connectivity index (χ2v) is 3.93. The molecular formula is C11H11NOS. The van der Waals surface area contributed by atoms with E-state index >= 15 is 0 Å². The Labute approximate surface area is 87.8 Å². The van der Waals surface area contributed by atoms with E-state index in [-0.39, 0.29) is 5.75 Å². The van der Waals surface area contributed by atoms with Crippen molar-refractivity contribution in [3.05, 3.63) is 29.8 Å². The molecule has 2 rings (SSSR count). The van der Waals surface area contributed by atoms with Crippen LogP contribution in [0.4, 0.5) is 5.69 Å². The van der Waals surface area contributed by atoms with Gasteiger partial charge in [0.25, 0.3) is 0 Å². The lowest BCUT2D eigenvalue weighted by Gasteiger charge is -2.07. The van der Waals surface area contributed by atoms with E-state index < -0.39 is 0 Å². The number of benzene rings is 2. The number of hydrogen-bond donors (Lipinski definition) is 3. The van der Waals surface area contributed by atoms with E-state index in [0.717, 1.165) is 15.8 Å². The average Bonchev–Trinajstić information content (AvgIpc) is 1.99. The van der Waals surface area contributed by atoms with Crippen molar-refractivity contribution in [1.82, 2.24) is 0 Å². The number of phenolic OH excluding ortho intramolecular Hbond substituents is 1. The highest BCUT2D eigenvalue weighted by Gasteiger charge is 2.05. The number of nitrogens with two attached hydrogens (primary N) is 1. The molecule has 0 saturated heterocycles. The van der Waals surface area contributed by atoms with E-state index in [1.54, 1.807) is 12.1 Å². The number of nitrogen functional groups attached to an aromatic ring is 1. The van der Waals surface area contributed by atoms with Gasteiger partial charge in [0.1, 0.15) is 5.75 Å². The van der Waals surface area contributed by atoms with Crippen LogP contribution in [0, 0.1) is 6.92 Å². The molecule has 2 aromatic carbocycles. The number of aromatic hydroxyl groups is 1. The maximum absolute atomic E-state index is 9.72. The van der Waals surface area contributed by atoms with Gasteiger partial charge in [0.15, 0.2) is 0 Å². The van der Waals surface area contributed by atoms with Gasteiger partial charge in [0.05, 0.1) is 0 Å². The molecule has 0 atom stereocenters. The largest absolute Gasteiger partial charge is 0.507 e. The molecule has 3 heteroatoms. The standard InChI is InChI=1S/C11H11NOS/c1-6-2-7-4-8(14)5-9(12)11(7)10(13)3-6/h2-5,13-14H,12H2,1H3. The summed E-state index contributed by atoms with van der Waals surface area (Å²) in [5.41, 5.74) is 7.37. The predicted octanol–water partition coefficient (Wildman–Crippen LogP) is 2.72. The summed E-state index contributed by atoms with van der Waals surface area (Å²) in [4.78, 5) is 0.806. The van der Waals surface area contributed by atoms with Crippen LogP contribution in [0.3, 0.4) is 0 Å². The summed E-state index contributed by atoms with van der Waals surface area (Å²) < 4.78 is 0. The van der Waals surface area contributed by atoms with Crippen molar-refractivity contribution in [2.24, 2.45) is 0 Å². The molecule has 0 unspecified atom stereocenters. The first kappa shape index (κ1) is 9.21. The van der Waals surface area contributed by atoms with E-state index in [1.807, 2.05) is 19.1 Å². The van der Waals surface area contributed by atoms with E-state index in [1.165, 1.54) is 0 Å². The van der Waals surface area contributed by atoms with Gasteiger partial charge in [-0.05, 0) is 36.1 Å². The highest BCUT2D eigenvalue weighted by atomic mass is 32.1. The van der Waals surface area contributed by atoms with Crippen LogP contribution in [-0.2, 0) is 0 Å². The molecule has 0 bridgehead atoms. The first-order chi connectivity index (χ1) is 6.58. The fourth-order valence-electron chi connectivity index (χ4n) is 1.66. The lowest BCUT2D eigenvalue weighted by Crippen LogP contribution is -1.88. The number of fused-ring (bicyclic) bond motifs is 1. The number of anilines is 1. The zero-order chi connectivity index (χ0) is 10.3. The number of hydrogen-bond acceptors (Lipinski definition) is 3. The summed E-state index contributed by atoms with van der Waals surface area (Å²) >= 11 is 4.24. The number of thiol groups is 1. The maximum Gasteiger partial charge on any atom is 0.125 e. The monoisotopic (exact) mass is 205 g/mol. The molecule has 2 nitrogen and oxygen atoms in total. The molecule has 14 heavy (non-hydrogen) atoms. The molecule has 72 valence electrons. The number of aryl methyl sites for hydroxylation is 1. The predicted molar refractivity (Wildman–Crippen MR) is 62.0 cm³/mol. The normalized spacial score (nSPS) is 10.7. The van der Waals surface area contributed by atoms with E-state index in [0.29, 0.717) is 11.1 Å². The molecule has 0 spiro atoms. The number of rotatable bonds is 0. The summed E-state index contributed by atoms with van der Waals surface area (Å²) in [7, 11) is 0. The van der Waals surface area contributed by atoms with Crippen molar-refractivity contribution in [2.75, 3.05) is 5.73 Å². The lowest BCUT2D eigenvalue weighted by atomic mass is 10.1. The second kappa shape index (κ2) is 3.10. The molecule has 0 aliphatic heterocycles. The fraction of sp³-hybridized carbons (Fsp3) is 0.0909. The minimum Gasteiger partial charge on any atom is -0.507 e. The van der Waals surface area contributed by atoms with Gasteiger partial charge in [-0.25, -0.2) is 0 Å². The minimum absolute atomic E-state index is 0.228. The fourth-order valence-corrected chi connectivity index (χ4v) is 1.93. The van der Waals surface area contributed by atoms with E-state index in [9.17, 15) is 5.11 Å². The van der Waals surface area contributed by atoms with Gasteiger partial charge in [-0.3, -0.25) is 0 Å². The molecule has 0 saturated carbocycles. The lowest BCUT2D eigenvalue weighted by molar-refractivity contribution is 0.481. The third kappa shape index (κ3) is 1.40. The Morgan fingerprint density at radius 2 is 1.93 bits per heavy atom. The van der Waals surface area contributed by atoms with Gasteiger partial charge in [-0.15, -0.1) is 12.6 Å². The van der Waals surface area contributed by atoms with Crippen LogP contribution in [0.15, 0.2) is 29.2 Å².